The summed E-state index contributed by atoms with van der Waals surface area (Å²) in [7, 11) is 0. The van der Waals surface area contributed by atoms with Gasteiger partial charge in [-0.05, 0) is 33.2 Å². The van der Waals surface area contributed by atoms with Gasteiger partial charge in [-0.3, -0.25) is 4.90 Å². The van der Waals surface area contributed by atoms with Crippen LogP contribution < -0.4 is 5.32 Å². The Balaban J connectivity index is 0.00000113. The van der Waals surface area contributed by atoms with Crippen molar-refractivity contribution in [2.75, 3.05) is 32.9 Å². The van der Waals surface area contributed by atoms with Crippen LogP contribution in [0.25, 0.3) is 21.5 Å². The van der Waals surface area contributed by atoms with Gasteiger partial charge in [-0.15, -0.1) is 24.8 Å². The normalized spacial score (nSPS) is 16.2. The molecule has 3 aromatic rings. The summed E-state index contributed by atoms with van der Waals surface area (Å²) in [4.78, 5) is 2.27. The minimum Gasteiger partial charge on any atom is -0.314 e. The monoisotopic (exact) mass is 380 g/mol. The highest BCUT2D eigenvalue weighted by Crippen LogP contribution is 2.34. The van der Waals surface area contributed by atoms with E-state index in [1.54, 1.807) is 0 Å². The van der Waals surface area contributed by atoms with Gasteiger partial charge in [0.15, 0.2) is 0 Å². The predicted molar refractivity (Wildman–Crippen MR) is 109 cm³/mol. The first kappa shape index (κ1) is 19.9. The average Bonchev–Trinajstić information content (AvgIpc) is 2.63. The Morgan fingerprint density at radius 2 is 1.48 bits per heavy atom. The third kappa shape index (κ3) is 3.75. The molecule has 0 bridgehead atoms. The van der Waals surface area contributed by atoms with Crippen molar-refractivity contribution < 1.29 is 4.39 Å². The van der Waals surface area contributed by atoms with Crippen LogP contribution >= 0.6 is 24.8 Å². The van der Waals surface area contributed by atoms with Crippen LogP contribution in [-0.2, 0) is 0 Å². The number of hydrogen-bond acceptors (Lipinski definition) is 2. The summed E-state index contributed by atoms with van der Waals surface area (Å²) in [6, 6.07) is 18.8. The molecule has 5 heteroatoms. The molecule has 3 aromatic carbocycles. The number of nitrogens with zero attached hydrogens (tertiary/aromatic N) is 1. The molecule has 2 nitrogen and oxygen atoms in total. The van der Waals surface area contributed by atoms with Crippen LogP contribution in [0.5, 0.6) is 0 Å². The highest BCUT2D eigenvalue weighted by Gasteiger charge is 2.24. The molecular weight excluding hydrogens is 358 g/mol. The van der Waals surface area contributed by atoms with Crippen molar-refractivity contribution in [3.63, 3.8) is 0 Å². The molecule has 1 saturated heterocycles. The highest BCUT2D eigenvalue weighted by atomic mass is 35.5. The van der Waals surface area contributed by atoms with Crippen LogP contribution in [0, 0.1) is 0 Å². The SMILES string of the molecule is Cl.Cl.FC[C@H](c1cc2ccccc2c2ccccc12)N1CCNCC1. The van der Waals surface area contributed by atoms with Gasteiger partial charge in [0.2, 0.25) is 0 Å². The fourth-order valence-electron chi connectivity index (χ4n) is 3.73. The molecule has 25 heavy (non-hydrogen) atoms. The Labute approximate surface area is 160 Å². The van der Waals surface area contributed by atoms with Crippen LogP contribution in [-0.4, -0.2) is 37.8 Å². The molecule has 4 rings (SSSR count). The van der Waals surface area contributed by atoms with Crippen molar-refractivity contribution in [1.29, 1.82) is 0 Å². The van der Waals surface area contributed by atoms with Crippen molar-refractivity contribution in [2.24, 2.45) is 0 Å². The van der Waals surface area contributed by atoms with Gasteiger partial charge in [0.05, 0.1) is 6.04 Å². The zero-order chi connectivity index (χ0) is 15.6. The van der Waals surface area contributed by atoms with Gasteiger partial charge in [-0.25, -0.2) is 4.39 Å². The summed E-state index contributed by atoms with van der Waals surface area (Å²) < 4.78 is 14.0. The van der Waals surface area contributed by atoms with E-state index in [1.807, 2.05) is 6.07 Å². The number of rotatable bonds is 3. The smallest absolute Gasteiger partial charge is 0.109 e. The molecule has 134 valence electrons. The van der Waals surface area contributed by atoms with Gasteiger partial charge in [0.1, 0.15) is 6.67 Å². The molecule has 0 unspecified atom stereocenters. The maximum absolute atomic E-state index is 14.0. The van der Waals surface area contributed by atoms with E-state index < -0.39 is 0 Å². The minimum absolute atomic E-state index is 0. The van der Waals surface area contributed by atoms with E-state index in [9.17, 15) is 4.39 Å². The van der Waals surface area contributed by atoms with E-state index in [4.69, 9.17) is 0 Å². The molecule has 1 aliphatic heterocycles. The van der Waals surface area contributed by atoms with Crippen molar-refractivity contribution >= 4 is 46.4 Å². The maximum atomic E-state index is 14.0. The lowest BCUT2D eigenvalue weighted by Crippen LogP contribution is -2.45. The van der Waals surface area contributed by atoms with Gasteiger partial charge in [-0.2, -0.15) is 0 Å². The molecule has 0 saturated carbocycles. The topological polar surface area (TPSA) is 15.3 Å². The lowest BCUT2D eigenvalue weighted by atomic mass is 9.93. The van der Waals surface area contributed by atoms with Crippen LogP contribution in [0.15, 0.2) is 54.6 Å². The highest BCUT2D eigenvalue weighted by molar-refractivity contribution is 6.09. The number of nitrogens with one attached hydrogen (secondary N) is 1. The Morgan fingerprint density at radius 1 is 0.880 bits per heavy atom. The van der Waals surface area contributed by atoms with E-state index >= 15 is 0 Å². The summed E-state index contributed by atoms with van der Waals surface area (Å²) in [5.74, 6) is 0. The van der Waals surface area contributed by atoms with Crippen LogP contribution in [0.4, 0.5) is 4.39 Å². The van der Waals surface area contributed by atoms with E-state index in [0.717, 1.165) is 31.7 Å². The zero-order valence-corrected chi connectivity index (χ0v) is 15.6. The molecule has 0 spiro atoms. The number of hydrogen-bond donors (Lipinski definition) is 1. The second-order valence-corrected chi connectivity index (χ2v) is 6.19. The summed E-state index contributed by atoms with van der Waals surface area (Å²) in [5, 5.41) is 8.17. The quantitative estimate of drug-likeness (QED) is 0.659. The number of benzene rings is 3. The standard InChI is InChI=1S/C20H21FN2.2ClH/c21-14-20(23-11-9-22-10-12-23)19-13-15-5-1-2-6-16(15)17-7-3-4-8-18(17)19;;/h1-8,13,20,22H,9-12,14H2;2*1H/t20-;;/m1../s1. The Morgan fingerprint density at radius 3 is 2.16 bits per heavy atom. The first-order valence-corrected chi connectivity index (χ1v) is 8.29. The lowest BCUT2D eigenvalue weighted by molar-refractivity contribution is 0.148. The number of halogens is 3. The van der Waals surface area contributed by atoms with E-state index in [0.29, 0.717) is 0 Å². The first-order valence-electron chi connectivity index (χ1n) is 8.29. The predicted octanol–water partition coefficient (Wildman–Crippen LogP) is 4.75. The van der Waals surface area contributed by atoms with Gasteiger partial charge in [-0.1, -0.05) is 48.5 Å². The van der Waals surface area contributed by atoms with Crippen molar-refractivity contribution in [3.8, 4) is 0 Å². The molecule has 1 heterocycles. The second kappa shape index (κ2) is 8.81. The van der Waals surface area contributed by atoms with Crippen LogP contribution in [0.3, 0.4) is 0 Å². The molecule has 0 aliphatic carbocycles. The van der Waals surface area contributed by atoms with E-state index in [1.165, 1.54) is 21.5 Å². The fourth-order valence-corrected chi connectivity index (χ4v) is 3.73. The number of fused-ring (bicyclic) bond motifs is 3. The molecule has 0 radical (unpaired) electrons. The summed E-state index contributed by atoms with van der Waals surface area (Å²) in [6.07, 6.45) is 0. The molecule has 1 aliphatic rings. The molecule has 1 atom stereocenters. The van der Waals surface area contributed by atoms with Gasteiger partial charge < -0.3 is 5.32 Å². The van der Waals surface area contributed by atoms with Gasteiger partial charge in [0.25, 0.3) is 0 Å². The van der Waals surface area contributed by atoms with Gasteiger partial charge >= 0.3 is 0 Å². The van der Waals surface area contributed by atoms with E-state index in [-0.39, 0.29) is 37.5 Å². The fraction of sp³-hybridized carbons (Fsp3) is 0.300. The largest absolute Gasteiger partial charge is 0.314 e. The summed E-state index contributed by atoms with van der Waals surface area (Å²) in [5.41, 5.74) is 1.11. The Hall–Kier alpha value is -1.39. The first-order chi connectivity index (χ1) is 11.4. The third-order valence-electron chi connectivity index (χ3n) is 4.90. The summed E-state index contributed by atoms with van der Waals surface area (Å²) >= 11 is 0. The lowest BCUT2D eigenvalue weighted by Gasteiger charge is -2.34. The minimum atomic E-state index is -0.345. The Kier molecular flexibility index (Phi) is 7.03. The van der Waals surface area contributed by atoms with Crippen LogP contribution in [0.1, 0.15) is 11.6 Å². The third-order valence-corrected chi connectivity index (χ3v) is 4.90. The number of alkyl halides is 1. The number of piperazine rings is 1. The van der Waals surface area contributed by atoms with E-state index in [2.05, 4.69) is 58.7 Å². The summed E-state index contributed by atoms with van der Waals surface area (Å²) in [6.45, 7) is 3.32. The maximum Gasteiger partial charge on any atom is 0.109 e. The van der Waals surface area contributed by atoms with Gasteiger partial charge in [0, 0.05) is 26.2 Å². The molecule has 1 fully saturated rings. The molecule has 1 N–H and O–H groups in total. The van der Waals surface area contributed by atoms with Crippen LogP contribution in [0.2, 0.25) is 0 Å². The Bertz CT molecular complexity index is 834. The zero-order valence-electron chi connectivity index (χ0n) is 14.0. The second-order valence-electron chi connectivity index (χ2n) is 6.19. The molecule has 0 amide bonds. The average molecular weight is 381 g/mol. The molecular formula is C20H23Cl2FN2. The molecule has 0 aromatic heterocycles. The van der Waals surface area contributed by atoms with Crippen molar-refractivity contribution in [1.82, 2.24) is 10.2 Å². The van der Waals surface area contributed by atoms with Crippen molar-refractivity contribution in [3.05, 3.63) is 60.2 Å². The van der Waals surface area contributed by atoms with Crippen molar-refractivity contribution in [2.45, 2.75) is 6.04 Å².